The highest BCUT2D eigenvalue weighted by Gasteiger charge is 2.58. The van der Waals surface area contributed by atoms with Crippen LogP contribution in [-0.4, -0.2) is 268 Å². The summed E-state index contributed by atoms with van der Waals surface area (Å²) >= 11 is 0. The average Bonchev–Trinajstić information content (AvgIpc) is 3.20. The molecule has 26 heteroatoms. The van der Waals surface area contributed by atoms with Crippen LogP contribution >= 0.6 is 0 Å². The van der Waals surface area contributed by atoms with E-state index < -0.39 is 186 Å². The molecule has 4 aliphatic heterocycles. The molecule has 58 heavy (non-hydrogen) atoms. The first-order valence-corrected chi connectivity index (χ1v) is 18.4. The molecule has 0 aromatic heterocycles. The van der Waals surface area contributed by atoms with Crippen LogP contribution < -0.4 is 5.32 Å². The van der Waals surface area contributed by atoms with Crippen LogP contribution in [0.25, 0.3) is 0 Å². The van der Waals surface area contributed by atoms with Crippen molar-refractivity contribution in [1.82, 2.24) is 5.32 Å². The molecule has 0 aromatic carbocycles. The first-order chi connectivity index (χ1) is 27.3. The summed E-state index contributed by atoms with van der Waals surface area (Å²) in [6, 6.07) is -1.62. The molecule has 0 radical (unpaired) electrons. The molecule has 0 bridgehead atoms. The van der Waals surface area contributed by atoms with Crippen molar-refractivity contribution in [2.24, 2.45) is 0 Å². The monoisotopic (exact) mass is 855 g/mol. The van der Waals surface area contributed by atoms with Gasteiger partial charge in [-0.3, -0.25) is 4.79 Å². The van der Waals surface area contributed by atoms with Crippen LogP contribution in [-0.2, 0) is 42.7 Å². The Kier molecular flexibility index (Phi) is 18.3. The van der Waals surface area contributed by atoms with Gasteiger partial charge in [0.1, 0.15) is 110 Å². The van der Waals surface area contributed by atoms with Gasteiger partial charge < -0.3 is 125 Å². The van der Waals surface area contributed by atoms with Gasteiger partial charge in [0.2, 0.25) is 5.91 Å². The van der Waals surface area contributed by atoms with Gasteiger partial charge in [-0.05, 0) is 6.92 Å². The zero-order valence-corrected chi connectivity index (χ0v) is 31.2. The zero-order chi connectivity index (χ0) is 43.3. The molecule has 1 amide bonds. The molecular weight excluding hydrogens is 798 g/mol. The maximum absolute atomic E-state index is 12.1. The van der Waals surface area contributed by atoms with Crippen molar-refractivity contribution < 1.29 is 124 Å². The van der Waals surface area contributed by atoms with Crippen LogP contribution in [0.15, 0.2) is 0 Å². The minimum Gasteiger partial charge on any atom is -0.394 e. The smallest absolute Gasteiger partial charge is 0.217 e. The number of hydrogen-bond acceptors (Lipinski definition) is 25. The second-order valence-electron chi connectivity index (χ2n) is 14.4. The molecule has 0 aromatic rings. The highest BCUT2D eigenvalue weighted by Crippen LogP contribution is 2.37. The molecule has 24 atom stereocenters. The first-order valence-electron chi connectivity index (χ1n) is 18.4. The molecule has 4 saturated heterocycles. The summed E-state index contributed by atoms with van der Waals surface area (Å²) in [5, 5.41) is 170. The standard InChI is InChI=1S/C32H57NO25/c1-8-15(41)19(45)22(48)29(51-8)58-28-27(57-31-24(50)21(47)18(44)13(6-37)53-31)26(56-30-23(49)20(46)17(43)12(5-36)52-30)14(7-38)54-32(28)55-25(16(42)11(40)4-35)10(3-34)33-9(2)39/h8,10-32,34-38,40-50H,3-7H2,1-2H3,(H,33,39)/t8-,10-,11+,12+,13+,14+,15+,16-,17-,18-,19+,20-,21-,22-,23+,24+,25+,26-,27-,28+,29-,30-,31-,32-/m0/s1. The highest BCUT2D eigenvalue weighted by atomic mass is 16.8. The predicted octanol–water partition coefficient (Wildman–Crippen LogP) is -11.1. The van der Waals surface area contributed by atoms with Gasteiger partial charge in [0, 0.05) is 6.92 Å². The predicted molar refractivity (Wildman–Crippen MR) is 179 cm³/mol. The van der Waals surface area contributed by atoms with Crippen molar-refractivity contribution in [3.05, 3.63) is 0 Å². The Morgan fingerprint density at radius 1 is 0.552 bits per heavy atom. The lowest BCUT2D eigenvalue weighted by Crippen LogP contribution is -2.69. The van der Waals surface area contributed by atoms with Crippen LogP contribution in [0, 0.1) is 0 Å². The normalized spacial score (nSPS) is 45.9. The zero-order valence-electron chi connectivity index (χ0n) is 31.2. The van der Waals surface area contributed by atoms with E-state index in [0.717, 1.165) is 6.92 Å². The fourth-order valence-electron chi connectivity index (χ4n) is 6.94. The third-order valence-corrected chi connectivity index (χ3v) is 10.3. The summed E-state index contributed by atoms with van der Waals surface area (Å²) in [5.74, 6) is -0.791. The van der Waals surface area contributed by atoms with Crippen molar-refractivity contribution in [2.45, 2.75) is 161 Å². The van der Waals surface area contributed by atoms with Crippen LogP contribution in [0.1, 0.15) is 13.8 Å². The van der Waals surface area contributed by atoms with Gasteiger partial charge in [-0.15, -0.1) is 0 Å². The lowest BCUT2D eigenvalue weighted by molar-refractivity contribution is -0.412. The van der Waals surface area contributed by atoms with E-state index in [1.165, 1.54) is 6.92 Å². The molecule has 0 spiro atoms. The number of carbonyl (C=O) groups excluding carboxylic acids is 1. The van der Waals surface area contributed by atoms with Crippen molar-refractivity contribution in [3.63, 3.8) is 0 Å². The van der Waals surface area contributed by atoms with Gasteiger partial charge in [-0.25, -0.2) is 0 Å². The number of ether oxygens (including phenoxy) is 8. The van der Waals surface area contributed by atoms with Gasteiger partial charge >= 0.3 is 0 Å². The summed E-state index contributed by atoms with van der Waals surface area (Å²) < 4.78 is 46.7. The van der Waals surface area contributed by atoms with E-state index in [2.05, 4.69) is 5.32 Å². The number of nitrogens with one attached hydrogen (secondary N) is 1. The fourth-order valence-corrected chi connectivity index (χ4v) is 6.94. The minimum absolute atomic E-state index is 0.791. The number of carbonyl (C=O) groups is 1. The van der Waals surface area contributed by atoms with E-state index in [9.17, 15) is 86.5 Å². The molecule has 0 saturated carbocycles. The maximum Gasteiger partial charge on any atom is 0.217 e. The van der Waals surface area contributed by atoms with E-state index in [1.54, 1.807) is 0 Å². The van der Waals surface area contributed by atoms with Crippen LogP contribution in [0.5, 0.6) is 0 Å². The second kappa shape index (κ2) is 21.5. The second-order valence-corrected chi connectivity index (χ2v) is 14.4. The number of aliphatic hydroxyl groups is 16. The highest BCUT2D eigenvalue weighted by molar-refractivity contribution is 5.73. The molecule has 0 aliphatic carbocycles. The van der Waals surface area contributed by atoms with Gasteiger partial charge in [0.25, 0.3) is 0 Å². The van der Waals surface area contributed by atoms with Crippen molar-refractivity contribution in [2.75, 3.05) is 33.0 Å². The average molecular weight is 856 g/mol. The molecule has 17 N–H and O–H groups in total. The Labute approximate surface area is 329 Å². The van der Waals surface area contributed by atoms with E-state index in [0.29, 0.717) is 0 Å². The SMILES string of the molecule is CC(=O)N[C@@H](CO)[C@@H](O[C@@H]1O[C@H](CO)[C@H](O[C@@H]2O[C@H](CO)[C@H](O)[C@H](O)[C@H]2O)[C@H](O[C@@H]2O[C@H](CO)[C@H](O)[C@H](O)[C@H]2O)[C@H]1O[C@@H]1O[C@@H](C)[C@@H](O)[C@@H](O)[C@@H]1O)[C@@H](O)[C@H](O)CO. The van der Waals surface area contributed by atoms with Crippen molar-refractivity contribution in [3.8, 4) is 0 Å². The third kappa shape index (κ3) is 10.7. The molecule has 4 aliphatic rings. The van der Waals surface area contributed by atoms with Crippen molar-refractivity contribution >= 4 is 5.91 Å². The largest absolute Gasteiger partial charge is 0.394 e. The maximum atomic E-state index is 12.1. The summed E-state index contributed by atoms with van der Waals surface area (Å²) in [7, 11) is 0. The van der Waals surface area contributed by atoms with Gasteiger partial charge in [0.15, 0.2) is 25.2 Å². The Balaban J connectivity index is 1.89. The van der Waals surface area contributed by atoms with E-state index in [4.69, 9.17) is 37.9 Å². The molecule has 340 valence electrons. The van der Waals surface area contributed by atoms with E-state index in [-0.39, 0.29) is 0 Å². The summed E-state index contributed by atoms with van der Waals surface area (Å²) in [5.41, 5.74) is 0. The van der Waals surface area contributed by atoms with E-state index >= 15 is 0 Å². The molecule has 0 unspecified atom stereocenters. The molecule has 4 rings (SSSR count). The third-order valence-electron chi connectivity index (χ3n) is 10.3. The molecular formula is C32H57NO25. The Morgan fingerprint density at radius 3 is 1.43 bits per heavy atom. The summed E-state index contributed by atoms with van der Waals surface area (Å²) in [6.45, 7) is -2.77. The number of amides is 1. The Bertz CT molecular complexity index is 1260. The molecule has 26 nitrogen and oxygen atoms in total. The van der Waals surface area contributed by atoms with Crippen LogP contribution in [0.2, 0.25) is 0 Å². The quantitative estimate of drug-likeness (QED) is 0.0646. The van der Waals surface area contributed by atoms with Crippen LogP contribution in [0.4, 0.5) is 0 Å². The minimum atomic E-state index is -2.17. The topological polar surface area (TPSA) is 427 Å². The van der Waals surface area contributed by atoms with Gasteiger partial charge in [-0.1, -0.05) is 0 Å². The fraction of sp³-hybridized carbons (Fsp3) is 0.969. The number of aliphatic hydroxyl groups excluding tert-OH is 16. The number of hydrogen-bond donors (Lipinski definition) is 17. The van der Waals surface area contributed by atoms with Crippen LogP contribution in [0.3, 0.4) is 0 Å². The van der Waals surface area contributed by atoms with Crippen molar-refractivity contribution in [1.29, 1.82) is 0 Å². The molecule has 4 heterocycles. The molecule has 4 fully saturated rings. The van der Waals surface area contributed by atoms with Gasteiger partial charge in [0.05, 0.1) is 45.2 Å². The lowest BCUT2D eigenvalue weighted by Gasteiger charge is -2.51. The summed E-state index contributed by atoms with van der Waals surface area (Å²) in [6.07, 6.45) is -44.7. The van der Waals surface area contributed by atoms with Gasteiger partial charge in [-0.2, -0.15) is 0 Å². The Morgan fingerprint density at radius 2 is 0.983 bits per heavy atom. The summed E-state index contributed by atoms with van der Waals surface area (Å²) in [4.78, 5) is 12.1. The Hall–Kier alpha value is -1.49. The first kappa shape index (κ1) is 49.2. The van der Waals surface area contributed by atoms with E-state index in [1.807, 2.05) is 0 Å². The number of rotatable bonds is 17. The lowest BCUT2D eigenvalue weighted by atomic mass is 9.94.